The number of carbonyl (C=O) groups excluding carboxylic acids is 2. The zero-order chi connectivity index (χ0) is 24.1. The summed E-state index contributed by atoms with van der Waals surface area (Å²) in [6.45, 7) is 7.80. The first-order chi connectivity index (χ1) is 16.5. The van der Waals surface area contributed by atoms with Gasteiger partial charge >= 0.3 is 5.97 Å². The summed E-state index contributed by atoms with van der Waals surface area (Å²) in [6.07, 6.45) is 4.65. The van der Waals surface area contributed by atoms with E-state index in [2.05, 4.69) is 16.3 Å². The third kappa shape index (κ3) is 5.39. The second-order valence-electron chi connectivity index (χ2n) is 8.94. The van der Waals surface area contributed by atoms with Gasteiger partial charge in [-0.2, -0.15) is 0 Å². The average Bonchev–Trinajstić information content (AvgIpc) is 3.25. The van der Waals surface area contributed by atoms with Crippen LogP contribution in [0.15, 0.2) is 51.6 Å². The number of thioether (sulfide) groups is 1. The molecule has 1 saturated heterocycles. The van der Waals surface area contributed by atoms with E-state index in [1.807, 2.05) is 42.4 Å². The Hall–Kier alpha value is -2.58. The van der Waals surface area contributed by atoms with Crippen LogP contribution in [0.4, 0.5) is 0 Å². The molecule has 0 bridgehead atoms. The number of likely N-dealkylation sites (tertiary alicyclic amines) is 1. The van der Waals surface area contributed by atoms with E-state index in [4.69, 9.17) is 9.73 Å². The molecular formula is C26H34N4O3S. The number of hydrogen-bond donors (Lipinski definition) is 1. The average molecular weight is 483 g/mol. The molecule has 1 atom stereocenters. The minimum Gasteiger partial charge on any atom is -0.466 e. The number of ether oxygens (including phenoxy) is 1. The van der Waals surface area contributed by atoms with E-state index in [0.29, 0.717) is 18.5 Å². The lowest BCUT2D eigenvalue weighted by atomic mass is 9.92. The van der Waals surface area contributed by atoms with Crippen molar-refractivity contribution in [1.29, 1.82) is 0 Å². The number of carbonyl (C=O) groups is 2. The van der Waals surface area contributed by atoms with E-state index < -0.39 is 0 Å². The topological polar surface area (TPSA) is 74.2 Å². The smallest absolute Gasteiger partial charge is 0.338 e. The normalized spacial score (nSPS) is 20.6. The number of amides is 1. The van der Waals surface area contributed by atoms with Gasteiger partial charge in [0.25, 0.3) is 0 Å². The fraction of sp³-hybridized carbons (Fsp3) is 0.500. The largest absolute Gasteiger partial charge is 0.466 e. The Morgan fingerprint density at radius 3 is 2.74 bits per heavy atom. The van der Waals surface area contributed by atoms with Gasteiger partial charge in [-0.1, -0.05) is 54.9 Å². The Balaban J connectivity index is 1.54. The van der Waals surface area contributed by atoms with Gasteiger partial charge in [-0.25, -0.2) is 9.79 Å². The van der Waals surface area contributed by atoms with Crippen LogP contribution in [0.1, 0.15) is 56.2 Å². The van der Waals surface area contributed by atoms with Gasteiger partial charge < -0.3 is 19.9 Å². The molecular weight excluding hydrogens is 448 g/mol. The first kappa shape index (κ1) is 24.5. The Labute approximate surface area is 206 Å². The monoisotopic (exact) mass is 482 g/mol. The molecule has 0 spiro atoms. The molecule has 0 aromatic heterocycles. The molecule has 3 aliphatic heterocycles. The molecule has 1 unspecified atom stereocenters. The number of nitrogens with one attached hydrogen (secondary N) is 1. The lowest BCUT2D eigenvalue weighted by Crippen LogP contribution is -2.40. The third-order valence-electron chi connectivity index (χ3n) is 6.53. The van der Waals surface area contributed by atoms with E-state index in [0.717, 1.165) is 47.3 Å². The molecule has 0 radical (unpaired) electrons. The Kier molecular flexibility index (Phi) is 8.11. The van der Waals surface area contributed by atoms with Crippen molar-refractivity contribution in [2.75, 3.05) is 33.3 Å². The number of rotatable bonds is 8. The summed E-state index contributed by atoms with van der Waals surface area (Å²) in [7, 11) is 1.40. The quantitative estimate of drug-likeness (QED) is 0.562. The minimum atomic E-state index is -0.381. The minimum absolute atomic E-state index is 0.0158. The SMILES string of the molecule is CCC1=C(C(=O)OC)C(c2cccc(C)c2)N2C(CC(=O)NCCN3CCCCC3)=CSC2=N1. The van der Waals surface area contributed by atoms with Gasteiger partial charge in [-0.05, 0) is 50.2 Å². The van der Waals surface area contributed by atoms with Crippen molar-refractivity contribution in [2.24, 2.45) is 4.99 Å². The highest BCUT2D eigenvalue weighted by Gasteiger charge is 2.41. The number of aryl methyl sites for hydroxylation is 1. The van der Waals surface area contributed by atoms with E-state index in [-0.39, 0.29) is 24.3 Å². The molecule has 182 valence electrons. The molecule has 4 rings (SSSR count). The third-order valence-corrected chi connectivity index (χ3v) is 7.42. The van der Waals surface area contributed by atoms with E-state index in [1.165, 1.54) is 38.1 Å². The lowest BCUT2D eigenvalue weighted by Gasteiger charge is -2.36. The molecule has 0 aliphatic carbocycles. The number of benzene rings is 1. The summed E-state index contributed by atoms with van der Waals surface area (Å²) < 4.78 is 5.18. The Bertz CT molecular complexity index is 1030. The number of amidine groups is 1. The number of esters is 1. The van der Waals surface area contributed by atoms with E-state index >= 15 is 0 Å². The summed E-state index contributed by atoms with van der Waals surface area (Å²) in [5.74, 6) is -0.397. The maximum atomic E-state index is 12.9. The molecule has 1 fully saturated rings. The first-order valence-corrected chi connectivity index (χ1v) is 13.0. The Morgan fingerprint density at radius 2 is 2.03 bits per heavy atom. The zero-order valence-corrected chi connectivity index (χ0v) is 21.1. The highest BCUT2D eigenvalue weighted by molar-refractivity contribution is 8.16. The number of hydrogen-bond acceptors (Lipinski definition) is 7. The van der Waals surface area contributed by atoms with Crippen molar-refractivity contribution in [3.63, 3.8) is 0 Å². The van der Waals surface area contributed by atoms with Gasteiger partial charge in [0.2, 0.25) is 5.91 Å². The summed E-state index contributed by atoms with van der Waals surface area (Å²) >= 11 is 1.51. The van der Waals surface area contributed by atoms with Crippen LogP contribution in [0.25, 0.3) is 0 Å². The fourth-order valence-electron chi connectivity index (χ4n) is 4.83. The highest BCUT2D eigenvalue weighted by Crippen LogP contribution is 2.45. The van der Waals surface area contributed by atoms with E-state index in [9.17, 15) is 9.59 Å². The predicted octanol–water partition coefficient (Wildman–Crippen LogP) is 4.13. The van der Waals surface area contributed by atoms with Crippen molar-refractivity contribution in [1.82, 2.24) is 15.1 Å². The van der Waals surface area contributed by atoms with Crippen LogP contribution in [0.3, 0.4) is 0 Å². The molecule has 3 heterocycles. The van der Waals surface area contributed by atoms with Gasteiger partial charge in [-0.15, -0.1) is 0 Å². The van der Waals surface area contributed by atoms with Crippen molar-refractivity contribution < 1.29 is 14.3 Å². The van der Waals surface area contributed by atoms with Crippen molar-refractivity contribution in [2.45, 2.75) is 52.0 Å². The summed E-state index contributed by atoms with van der Waals surface area (Å²) in [4.78, 5) is 35.0. The second kappa shape index (κ2) is 11.2. The number of fused-ring (bicyclic) bond motifs is 1. The van der Waals surface area contributed by atoms with Gasteiger partial charge in [0.15, 0.2) is 5.17 Å². The van der Waals surface area contributed by atoms with Crippen LogP contribution >= 0.6 is 11.8 Å². The summed E-state index contributed by atoms with van der Waals surface area (Å²) in [6, 6.07) is 7.77. The van der Waals surface area contributed by atoms with E-state index in [1.54, 1.807) is 0 Å². The van der Waals surface area contributed by atoms with Crippen molar-refractivity contribution in [3.8, 4) is 0 Å². The molecule has 34 heavy (non-hydrogen) atoms. The van der Waals surface area contributed by atoms with Crippen molar-refractivity contribution in [3.05, 3.63) is 57.8 Å². The molecule has 1 N–H and O–H groups in total. The molecule has 1 amide bonds. The Morgan fingerprint density at radius 1 is 1.24 bits per heavy atom. The maximum Gasteiger partial charge on any atom is 0.338 e. The molecule has 1 aromatic carbocycles. The van der Waals surface area contributed by atoms with Gasteiger partial charge in [0.1, 0.15) is 0 Å². The van der Waals surface area contributed by atoms with Gasteiger partial charge in [-0.3, -0.25) is 4.79 Å². The molecule has 8 heteroatoms. The number of allylic oxidation sites excluding steroid dienone is 1. The summed E-state index contributed by atoms with van der Waals surface area (Å²) in [5, 5.41) is 5.86. The second-order valence-corrected chi connectivity index (χ2v) is 9.78. The number of nitrogens with zero attached hydrogens (tertiary/aromatic N) is 3. The van der Waals surface area contributed by atoms with Gasteiger partial charge in [0, 0.05) is 18.8 Å². The summed E-state index contributed by atoms with van der Waals surface area (Å²) in [5.41, 5.74) is 4.22. The van der Waals surface area contributed by atoms with Crippen LogP contribution in [0.5, 0.6) is 0 Å². The number of piperidine rings is 1. The molecule has 1 aromatic rings. The van der Waals surface area contributed by atoms with Crippen molar-refractivity contribution >= 4 is 28.8 Å². The fourth-order valence-corrected chi connectivity index (χ4v) is 5.77. The van der Waals surface area contributed by atoms with Gasteiger partial charge in [0.05, 0.1) is 30.8 Å². The maximum absolute atomic E-state index is 12.9. The molecule has 7 nitrogen and oxygen atoms in total. The first-order valence-electron chi connectivity index (χ1n) is 12.1. The zero-order valence-electron chi connectivity index (χ0n) is 20.3. The molecule has 0 saturated carbocycles. The van der Waals surface area contributed by atoms with Crippen LogP contribution in [-0.4, -0.2) is 60.1 Å². The predicted molar refractivity (Wildman–Crippen MR) is 136 cm³/mol. The molecule has 3 aliphatic rings. The lowest BCUT2D eigenvalue weighted by molar-refractivity contribution is -0.136. The highest BCUT2D eigenvalue weighted by atomic mass is 32.2. The van der Waals surface area contributed by atoms with Crippen LogP contribution in [0, 0.1) is 6.92 Å². The standard InChI is InChI=1S/C26H34N4O3S/c1-4-21-23(25(32)33-3)24(19-10-8-9-18(2)15-19)30-20(17-34-26(30)28-21)16-22(31)27-11-14-29-12-6-5-7-13-29/h8-10,15,17,24H,4-7,11-14,16H2,1-3H3,(H,27,31). The number of methoxy groups -OCH3 is 1. The number of aliphatic imine (C=N–C) groups is 1. The van der Waals surface area contributed by atoms with Crippen LogP contribution < -0.4 is 5.32 Å². The van der Waals surface area contributed by atoms with Crippen LogP contribution in [0.2, 0.25) is 0 Å². The van der Waals surface area contributed by atoms with Crippen LogP contribution in [-0.2, 0) is 14.3 Å².